The molecule has 0 heterocycles. The average Bonchev–Trinajstić information content (AvgIpc) is 2.93. The predicted octanol–water partition coefficient (Wildman–Crippen LogP) is 0.931. The van der Waals surface area contributed by atoms with E-state index in [9.17, 15) is 5.11 Å². The lowest BCUT2D eigenvalue weighted by molar-refractivity contribution is 0.0267. The van der Waals surface area contributed by atoms with Crippen molar-refractivity contribution in [1.29, 1.82) is 0 Å². The first-order valence-electron chi connectivity index (χ1n) is 4.73. The third-order valence-electron chi connectivity index (χ3n) is 2.73. The molecule has 0 saturated heterocycles. The fraction of sp³-hybridized carbons (Fsp3) is 0.778. The highest BCUT2D eigenvalue weighted by atomic mass is 35.5. The Morgan fingerprint density at radius 1 is 1.80 bits per heavy atom. The molecule has 1 aliphatic rings. The van der Waals surface area contributed by atoms with Gasteiger partial charge in [-0.2, -0.15) is 5.10 Å². The molecule has 4 nitrogen and oxygen atoms in total. The van der Waals surface area contributed by atoms with Gasteiger partial charge in [-0.25, -0.2) is 5.01 Å². The van der Waals surface area contributed by atoms with Crippen molar-refractivity contribution >= 4 is 35.6 Å². The zero-order chi connectivity index (χ0) is 11.7. The van der Waals surface area contributed by atoms with Gasteiger partial charge in [0.15, 0.2) is 5.11 Å². The Labute approximate surface area is 100 Å². The molecule has 2 N–H and O–H groups in total. The highest BCUT2D eigenvalue weighted by Gasteiger charge is 2.55. The van der Waals surface area contributed by atoms with Crippen molar-refractivity contribution in [3.8, 4) is 0 Å². The second-order valence-corrected chi connectivity index (χ2v) is 5.10. The monoisotopic (exact) mass is 249 g/mol. The number of aliphatic hydroxyl groups is 1. The second kappa shape index (κ2) is 4.23. The van der Waals surface area contributed by atoms with Crippen LogP contribution in [0.15, 0.2) is 5.10 Å². The van der Waals surface area contributed by atoms with Gasteiger partial charge in [0.05, 0.1) is 11.4 Å². The van der Waals surface area contributed by atoms with E-state index in [1.807, 2.05) is 0 Å². The van der Waals surface area contributed by atoms with Crippen LogP contribution in [0.2, 0.25) is 0 Å². The molecule has 0 amide bonds. The summed E-state index contributed by atoms with van der Waals surface area (Å²) in [4.78, 5) is -0.528. The molecule has 1 unspecified atom stereocenters. The predicted molar refractivity (Wildman–Crippen MR) is 66.4 cm³/mol. The van der Waals surface area contributed by atoms with Crippen LogP contribution in [0.1, 0.15) is 19.8 Å². The van der Waals surface area contributed by atoms with E-state index in [1.165, 1.54) is 5.01 Å². The molecule has 86 valence electrons. The van der Waals surface area contributed by atoms with E-state index in [-0.39, 0.29) is 6.54 Å². The Kier molecular flexibility index (Phi) is 3.58. The lowest BCUT2D eigenvalue weighted by Crippen LogP contribution is -2.50. The van der Waals surface area contributed by atoms with Crippen molar-refractivity contribution in [2.45, 2.75) is 30.2 Å². The quantitative estimate of drug-likeness (QED) is 0.337. The Bertz CT molecular complexity index is 279. The minimum atomic E-state index is -1.02. The van der Waals surface area contributed by atoms with E-state index in [4.69, 9.17) is 23.8 Å². The number of alkyl halides is 1. The maximum absolute atomic E-state index is 10.2. The minimum Gasteiger partial charge on any atom is -0.386 e. The molecule has 0 spiro atoms. The van der Waals surface area contributed by atoms with Gasteiger partial charge in [0, 0.05) is 13.8 Å². The van der Waals surface area contributed by atoms with Gasteiger partial charge in [-0.1, -0.05) is 0 Å². The molecule has 1 atom stereocenters. The van der Waals surface area contributed by atoms with Crippen molar-refractivity contribution < 1.29 is 5.11 Å². The van der Waals surface area contributed by atoms with Crippen LogP contribution < -0.4 is 5.32 Å². The summed E-state index contributed by atoms with van der Waals surface area (Å²) >= 11 is 11.2. The largest absolute Gasteiger partial charge is 0.386 e. The van der Waals surface area contributed by atoms with Gasteiger partial charge in [0.25, 0.3) is 0 Å². The normalized spacial score (nSPS) is 21.3. The van der Waals surface area contributed by atoms with Crippen molar-refractivity contribution in [3.63, 3.8) is 0 Å². The standard InChI is InChI=1S/C9H16ClN3OS/c1-8(14,9(10)4-5-9)6-13(12-3)7(15)11-2/h14H,3-6H2,1-2H3,(H,11,15). The first kappa shape index (κ1) is 12.7. The van der Waals surface area contributed by atoms with E-state index in [0.29, 0.717) is 5.11 Å². The summed E-state index contributed by atoms with van der Waals surface area (Å²) in [7, 11) is 1.70. The van der Waals surface area contributed by atoms with Gasteiger partial charge in [-0.05, 0) is 32.0 Å². The fourth-order valence-electron chi connectivity index (χ4n) is 1.40. The van der Waals surface area contributed by atoms with Crippen molar-refractivity contribution in [2.75, 3.05) is 13.6 Å². The van der Waals surface area contributed by atoms with Crippen LogP contribution in [0.5, 0.6) is 0 Å². The smallest absolute Gasteiger partial charge is 0.189 e. The van der Waals surface area contributed by atoms with Gasteiger partial charge >= 0.3 is 0 Å². The van der Waals surface area contributed by atoms with Crippen molar-refractivity contribution in [3.05, 3.63) is 0 Å². The lowest BCUT2D eigenvalue weighted by Gasteiger charge is -2.33. The molecule has 0 radical (unpaired) electrons. The summed E-state index contributed by atoms with van der Waals surface area (Å²) in [5.41, 5.74) is -1.02. The summed E-state index contributed by atoms with van der Waals surface area (Å²) in [5, 5.41) is 18.6. The molecule has 6 heteroatoms. The van der Waals surface area contributed by atoms with Crippen LogP contribution in [0, 0.1) is 0 Å². The Hall–Kier alpha value is -0.390. The van der Waals surface area contributed by atoms with Crippen LogP contribution in [-0.2, 0) is 0 Å². The summed E-state index contributed by atoms with van der Waals surface area (Å²) in [6.07, 6.45) is 1.64. The number of thiocarbonyl (C=S) groups is 1. The second-order valence-electron chi connectivity index (χ2n) is 3.99. The lowest BCUT2D eigenvalue weighted by atomic mass is 10.00. The Morgan fingerprint density at radius 2 is 2.33 bits per heavy atom. The SMILES string of the molecule is C=NN(CC(C)(O)C1(Cl)CC1)C(=S)NC. The zero-order valence-corrected chi connectivity index (χ0v) is 10.5. The molecule has 1 aliphatic carbocycles. The molecule has 0 aromatic carbocycles. The molecule has 0 aromatic rings. The van der Waals surface area contributed by atoms with Crippen LogP contribution in [0.3, 0.4) is 0 Å². The van der Waals surface area contributed by atoms with Gasteiger partial charge < -0.3 is 10.4 Å². The van der Waals surface area contributed by atoms with Gasteiger partial charge in [0.1, 0.15) is 5.60 Å². The summed E-state index contributed by atoms with van der Waals surface area (Å²) in [6.45, 7) is 5.36. The number of hydrogen-bond acceptors (Lipinski definition) is 3. The number of nitrogens with zero attached hydrogens (tertiary/aromatic N) is 2. The van der Waals surface area contributed by atoms with E-state index in [0.717, 1.165) is 12.8 Å². The molecular formula is C9H16ClN3OS. The first-order valence-corrected chi connectivity index (χ1v) is 5.52. The molecule has 0 bridgehead atoms. The molecule has 1 fully saturated rings. The minimum absolute atomic E-state index is 0.250. The topological polar surface area (TPSA) is 47.9 Å². The Morgan fingerprint density at radius 3 is 2.67 bits per heavy atom. The summed E-state index contributed by atoms with van der Waals surface area (Å²) < 4.78 is 0. The fourth-order valence-corrected chi connectivity index (χ4v) is 1.67. The molecular weight excluding hydrogens is 234 g/mol. The number of rotatable bonds is 4. The molecule has 1 saturated carbocycles. The molecule has 0 aromatic heterocycles. The van der Waals surface area contributed by atoms with Gasteiger partial charge in [0.2, 0.25) is 0 Å². The third kappa shape index (κ3) is 2.59. The van der Waals surface area contributed by atoms with Gasteiger partial charge in [-0.15, -0.1) is 11.6 Å². The van der Waals surface area contributed by atoms with Crippen LogP contribution >= 0.6 is 23.8 Å². The van der Waals surface area contributed by atoms with Gasteiger partial charge in [-0.3, -0.25) is 0 Å². The average molecular weight is 250 g/mol. The number of hydrogen-bond donors (Lipinski definition) is 2. The molecule has 1 rings (SSSR count). The van der Waals surface area contributed by atoms with Crippen molar-refractivity contribution in [2.24, 2.45) is 5.10 Å². The number of halogens is 1. The van der Waals surface area contributed by atoms with E-state index in [2.05, 4.69) is 17.1 Å². The van der Waals surface area contributed by atoms with E-state index >= 15 is 0 Å². The highest BCUT2D eigenvalue weighted by Crippen LogP contribution is 2.51. The Balaban J connectivity index is 2.66. The highest BCUT2D eigenvalue weighted by molar-refractivity contribution is 7.80. The first-order chi connectivity index (χ1) is 6.86. The van der Waals surface area contributed by atoms with Crippen LogP contribution in [-0.4, -0.2) is 46.0 Å². The van der Waals surface area contributed by atoms with Crippen LogP contribution in [0.4, 0.5) is 0 Å². The maximum atomic E-state index is 10.2. The summed E-state index contributed by atoms with van der Waals surface area (Å²) in [6, 6.07) is 0. The number of hydrazone groups is 1. The molecule has 15 heavy (non-hydrogen) atoms. The number of nitrogens with one attached hydrogen (secondary N) is 1. The van der Waals surface area contributed by atoms with Crippen LogP contribution in [0.25, 0.3) is 0 Å². The summed E-state index contributed by atoms with van der Waals surface area (Å²) in [5.74, 6) is 0. The van der Waals surface area contributed by atoms with E-state index < -0.39 is 10.5 Å². The zero-order valence-electron chi connectivity index (χ0n) is 8.96. The molecule has 0 aliphatic heterocycles. The van der Waals surface area contributed by atoms with Crippen molar-refractivity contribution in [1.82, 2.24) is 10.3 Å². The van der Waals surface area contributed by atoms with E-state index in [1.54, 1.807) is 14.0 Å². The maximum Gasteiger partial charge on any atom is 0.189 e. The third-order valence-corrected chi connectivity index (χ3v) is 3.93.